The highest BCUT2D eigenvalue weighted by Crippen LogP contribution is 2.41. The second-order valence-electron chi connectivity index (χ2n) is 7.62. The highest BCUT2D eigenvalue weighted by atomic mass is 32.1. The fourth-order valence-corrected chi connectivity index (χ4v) is 5.28. The Morgan fingerprint density at radius 2 is 1.85 bits per heavy atom. The van der Waals surface area contributed by atoms with Gasteiger partial charge in [0.1, 0.15) is 10.8 Å². The minimum absolute atomic E-state index is 0.161. The van der Waals surface area contributed by atoms with Crippen LogP contribution < -0.4 is 19.5 Å². The van der Waals surface area contributed by atoms with E-state index in [1.165, 1.54) is 4.88 Å². The van der Waals surface area contributed by atoms with Crippen LogP contribution in [0.4, 0.5) is 10.7 Å². The Morgan fingerprint density at radius 1 is 1.06 bits per heavy atom. The molecule has 0 saturated carbocycles. The molecule has 4 rings (SSSR count). The third kappa shape index (κ3) is 4.88. The molecule has 1 aliphatic rings. The van der Waals surface area contributed by atoms with Crippen LogP contribution in [0.5, 0.6) is 17.2 Å². The van der Waals surface area contributed by atoms with Crippen LogP contribution in [0, 0.1) is 0 Å². The quantitative estimate of drug-likeness (QED) is 0.412. The van der Waals surface area contributed by atoms with E-state index in [-0.39, 0.29) is 5.91 Å². The minimum Gasteiger partial charge on any atom is -0.493 e. The van der Waals surface area contributed by atoms with Gasteiger partial charge in [-0.1, -0.05) is 18.2 Å². The van der Waals surface area contributed by atoms with E-state index in [4.69, 9.17) is 19.2 Å². The number of nitrogens with one attached hydrogen (secondary N) is 1. The van der Waals surface area contributed by atoms with Gasteiger partial charge in [-0.3, -0.25) is 4.79 Å². The lowest BCUT2D eigenvalue weighted by molar-refractivity contribution is 0.102. The number of hydrogen-bond donors (Lipinski definition) is 1. The van der Waals surface area contributed by atoms with Crippen molar-refractivity contribution in [2.24, 2.45) is 4.99 Å². The minimum atomic E-state index is -0.161. The van der Waals surface area contributed by atoms with Crippen LogP contribution in [-0.4, -0.2) is 32.9 Å². The van der Waals surface area contributed by atoms with E-state index in [2.05, 4.69) is 5.32 Å². The average Bonchev–Trinajstić information content (AvgIpc) is 3.22. The molecule has 172 valence electrons. The van der Waals surface area contributed by atoms with E-state index in [0.29, 0.717) is 40.1 Å². The SMILES string of the molecule is CCOc1ccccc1NC(=O)c1c(N=Cc2cccc(OC)c2OC)sc2c1CCCC2. The zero-order valence-electron chi connectivity index (χ0n) is 19.1. The first-order valence-corrected chi connectivity index (χ1v) is 11.9. The average molecular weight is 465 g/mol. The summed E-state index contributed by atoms with van der Waals surface area (Å²) in [4.78, 5) is 19.5. The highest BCUT2D eigenvalue weighted by molar-refractivity contribution is 7.16. The summed E-state index contributed by atoms with van der Waals surface area (Å²) in [6.45, 7) is 2.45. The molecular weight excluding hydrogens is 436 g/mol. The van der Waals surface area contributed by atoms with Gasteiger partial charge in [-0.15, -0.1) is 11.3 Å². The van der Waals surface area contributed by atoms with Gasteiger partial charge in [0.25, 0.3) is 5.91 Å². The second-order valence-corrected chi connectivity index (χ2v) is 8.70. The summed E-state index contributed by atoms with van der Waals surface area (Å²) in [6.07, 6.45) is 5.82. The van der Waals surface area contributed by atoms with Crippen LogP contribution in [0.15, 0.2) is 47.5 Å². The summed E-state index contributed by atoms with van der Waals surface area (Å²) in [7, 11) is 3.21. The van der Waals surface area contributed by atoms with Gasteiger partial charge in [-0.25, -0.2) is 4.99 Å². The Hall–Kier alpha value is -3.32. The maximum Gasteiger partial charge on any atom is 0.259 e. The third-order valence-corrected chi connectivity index (χ3v) is 6.77. The number of rotatable bonds is 8. The van der Waals surface area contributed by atoms with Crippen LogP contribution in [0.1, 0.15) is 46.1 Å². The first-order chi connectivity index (χ1) is 16.2. The van der Waals surface area contributed by atoms with Gasteiger partial charge in [-0.2, -0.15) is 0 Å². The van der Waals surface area contributed by atoms with E-state index in [0.717, 1.165) is 36.8 Å². The lowest BCUT2D eigenvalue weighted by Gasteiger charge is -2.14. The number of aryl methyl sites for hydroxylation is 1. The summed E-state index contributed by atoms with van der Waals surface area (Å²) in [5, 5.41) is 3.76. The Labute approximate surface area is 198 Å². The number of benzene rings is 2. The fraction of sp³-hybridized carbons (Fsp3) is 0.308. The van der Waals surface area contributed by atoms with Crippen molar-refractivity contribution in [2.45, 2.75) is 32.6 Å². The van der Waals surface area contributed by atoms with Crippen molar-refractivity contribution in [2.75, 3.05) is 26.1 Å². The molecule has 33 heavy (non-hydrogen) atoms. The summed E-state index contributed by atoms with van der Waals surface area (Å²) in [5.74, 6) is 1.74. The number of hydrogen-bond acceptors (Lipinski definition) is 6. The molecule has 0 radical (unpaired) electrons. The number of amides is 1. The molecule has 2 aromatic carbocycles. The highest BCUT2D eigenvalue weighted by Gasteiger charge is 2.26. The summed E-state index contributed by atoms with van der Waals surface area (Å²) in [6, 6.07) is 13.1. The Kier molecular flexibility index (Phi) is 7.29. The van der Waals surface area contributed by atoms with Gasteiger partial charge in [0.2, 0.25) is 0 Å². The first-order valence-electron chi connectivity index (χ1n) is 11.1. The van der Waals surface area contributed by atoms with Gasteiger partial charge < -0.3 is 19.5 Å². The van der Waals surface area contributed by atoms with Gasteiger partial charge in [0.15, 0.2) is 11.5 Å². The van der Waals surface area contributed by atoms with E-state index in [1.54, 1.807) is 31.8 Å². The van der Waals surface area contributed by atoms with Gasteiger partial charge in [-0.05, 0) is 62.4 Å². The van der Waals surface area contributed by atoms with Crippen LogP contribution in [0.25, 0.3) is 0 Å². The normalized spacial score (nSPS) is 12.9. The third-order valence-electron chi connectivity index (χ3n) is 5.57. The molecule has 3 aromatic rings. The molecule has 1 heterocycles. The van der Waals surface area contributed by atoms with Crippen molar-refractivity contribution in [3.63, 3.8) is 0 Å². The van der Waals surface area contributed by atoms with Crippen molar-refractivity contribution < 1.29 is 19.0 Å². The Bertz CT molecular complexity index is 1170. The number of thiophene rings is 1. The standard InChI is InChI=1S/C26H28N2O4S/c1-4-32-20-13-7-6-12-19(20)28-25(29)23-18-11-5-8-15-22(18)33-26(23)27-16-17-10-9-14-21(30-2)24(17)31-3/h6-7,9-10,12-14,16H,4-5,8,11,15H2,1-3H3,(H,28,29). The fourth-order valence-electron chi connectivity index (χ4n) is 4.05. The van der Waals surface area contributed by atoms with Gasteiger partial charge >= 0.3 is 0 Å². The molecular formula is C26H28N2O4S. The number of methoxy groups -OCH3 is 2. The molecule has 1 aromatic heterocycles. The molecule has 0 aliphatic heterocycles. The lowest BCUT2D eigenvalue weighted by Crippen LogP contribution is -2.15. The largest absolute Gasteiger partial charge is 0.493 e. The number of aliphatic imine (C=N–C) groups is 1. The van der Waals surface area contributed by atoms with E-state index in [1.807, 2.05) is 49.4 Å². The van der Waals surface area contributed by atoms with Crippen LogP contribution in [-0.2, 0) is 12.8 Å². The first kappa shape index (κ1) is 22.9. The predicted molar refractivity (Wildman–Crippen MR) is 133 cm³/mol. The number of nitrogens with zero attached hydrogens (tertiary/aromatic N) is 1. The van der Waals surface area contributed by atoms with Crippen LogP contribution >= 0.6 is 11.3 Å². The van der Waals surface area contributed by atoms with E-state index < -0.39 is 0 Å². The maximum absolute atomic E-state index is 13.5. The molecule has 0 saturated heterocycles. The Balaban J connectivity index is 1.71. The number of fused-ring (bicyclic) bond motifs is 1. The van der Waals surface area contributed by atoms with Crippen LogP contribution in [0.3, 0.4) is 0 Å². The Morgan fingerprint density at radius 3 is 2.64 bits per heavy atom. The zero-order valence-corrected chi connectivity index (χ0v) is 20.0. The molecule has 0 bridgehead atoms. The van der Waals surface area contributed by atoms with Crippen molar-refractivity contribution in [1.29, 1.82) is 0 Å². The molecule has 7 heteroatoms. The maximum atomic E-state index is 13.5. The molecule has 1 N–H and O–H groups in total. The predicted octanol–water partition coefficient (Wildman–Crippen LogP) is 6.05. The molecule has 0 fully saturated rings. The van der Waals surface area contributed by atoms with Gasteiger partial charge in [0, 0.05) is 16.7 Å². The molecule has 1 aliphatic carbocycles. The summed E-state index contributed by atoms with van der Waals surface area (Å²) >= 11 is 1.60. The van der Waals surface area contributed by atoms with Crippen molar-refractivity contribution in [1.82, 2.24) is 0 Å². The number of carbonyl (C=O) groups excluding carboxylic acids is 1. The van der Waals surface area contributed by atoms with Gasteiger partial charge in [0.05, 0.1) is 32.1 Å². The smallest absolute Gasteiger partial charge is 0.259 e. The zero-order chi connectivity index (χ0) is 23.2. The molecule has 1 amide bonds. The van der Waals surface area contributed by atoms with E-state index >= 15 is 0 Å². The van der Waals surface area contributed by atoms with Crippen molar-refractivity contribution in [3.8, 4) is 17.2 Å². The van der Waals surface area contributed by atoms with E-state index in [9.17, 15) is 4.79 Å². The number of para-hydroxylation sites is 3. The number of anilines is 1. The second kappa shape index (κ2) is 10.5. The number of ether oxygens (including phenoxy) is 3. The monoisotopic (exact) mass is 464 g/mol. The molecule has 6 nitrogen and oxygen atoms in total. The van der Waals surface area contributed by atoms with Crippen molar-refractivity contribution >= 4 is 34.1 Å². The molecule has 0 spiro atoms. The summed E-state index contributed by atoms with van der Waals surface area (Å²) < 4.78 is 16.6. The number of carbonyl (C=O) groups is 1. The topological polar surface area (TPSA) is 69.2 Å². The van der Waals surface area contributed by atoms with Crippen LogP contribution in [0.2, 0.25) is 0 Å². The lowest BCUT2D eigenvalue weighted by atomic mass is 9.95. The van der Waals surface area contributed by atoms with Crippen molar-refractivity contribution in [3.05, 3.63) is 64.0 Å². The molecule has 0 unspecified atom stereocenters. The summed E-state index contributed by atoms with van der Waals surface area (Å²) in [5.41, 5.74) is 3.21. The molecule has 0 atom stereocenters.